The highest BCUT2D eigenvalue weighted by Crippen LogP contribution is 2.32. The van der Waals surface area contributed by atoms with Crippen LogP contribution in [0.5, 0.6) is 5.75 Å². The van der Waals surface area contributed by atoms with Crippen molar-refractivity contribution < 1.29 is 5.11 Å². The molecule has 24 heavy (non-hydrogen) atoms. The van der Waals surface area contributed by atoms with E-state index < -0.39 is 0 Å². The van der Waals surface area contributed by atoms with Crippen molar-refractivity contribution in [3.63, 3.8) is 0 Å². The van der Waals surface area contributed by atoms with Crippen LogP contribution < -0.4 is 0 Å². The second-order valence-electron chi connectivity index (χ2n) is 6.64. The molecule has 1 heterocycles. The molecule has 2 aromatic carbocycles. The summed E-state index contributed by atoms with van der Waals surface area (Å²) in [6, 6.07) is 11.9. The van der Waals surface area contributed by atoms with Crippen LogP contribution in [-0.4, -0.2) is 20.1 Å². The first-order valence-corrected chi connectivity index (χ1v) is 8.78. The van der Waals surface area contributed by atoms with Gasteiger partial charge in [0.1, 0.15) is 22.5 Å². The zero-order chi connectivity index (χ0) is 17.1. The van der Waals surface area contributed by atoms with Crippen LogP contribution in [0.25, 0.3) is 16.7 Å². The van der Waals surface area contributed by atoms with E-state index in [0.717, 1.165) is 29.4 Å². The molecule has 0 spiro atoms. The van der Waals surface area contributed by atoms with E-state index in [1.54, 1.807) is 4.80 Å². The maximum absolute atomic E-state index is 10.8. The zero-order valence-electron chi connectivity index (χ0n) is 14.7. The fourth-order valence-corrected chi connectivity index (χ4v) is 2.91. The number of aryl methyl sites for hydroxylation is 1. The normalized spacial score (nSPS) is 11.5. The van der Waals surface area contributed by atoms with Crippen LogP contribution in [0.15, 0.2) is 36.4 Å². The van der Waals surface area contributed by atoms with Gasteiger partial charge in [-0.25, -0.2) is 0 Å². The predicted molar refractivity (Wildman–Crippen MR) is 97.8 cm³/mol. The first-order chi connectivity index (χ1) is 11.6. The van der Waals surface area contributed by atoms with Crippen LogP contribution in [0.1, 0.15) is 57.1 Å². The van der Waals surface area contributed by atoms with Gasteiger partial charge in [0, 0.05) is 0 Å². The van der Waals surface area contributed by atoms with Crippen LogP contribution in [0.2, 0.25) is 0 Å². The Hall–Kier alpha value is -2.36. The molecule has 0 unspecified atom stereocenters. The minimum Gasteiger partial charge on any atom is -0.505 e. The summed E-state index contributed by atoms with van der Waals surface area (Å²) in [5.41, 5.74) is 4.53. The number of hydrogen-bond donors (Lipinski definition) is 1. The van der Waals surface area contributed by atoms with E-state index in [0.29, 0.717) is 17.4 Å². The van der Waals surface area contributed by atoms with Gasteiger partial charge in [-0.1, -0.05) is 51.8 Å². The minimum atomic E-state index is 0.302. The van der Waals surface area contributed by atoms with Crippen LogP contribution >= 0.6 is 0 Å². The van der Waals surface area contributed by atoms with Gasteiger partial charge >= 0.3 is 0 Å². The summed E-state index contributed by atoms with van der Waals surface area (Å²) in [4.78, 5) is 1.56. The van der Waals surface area contributed by atoms with Crippen molar-refractivity contribution in [2.75, 3.05) is 0 Å². The highest BCUT2D eigenvalue weighted by atomic mass is 16.3. The van der Waals surface area contributed by atoms with Gasteiger partial charge in [-0.05, 0) is 48.1 Å². The number of unbranched alkanes of at least 4 members (excludes halogenated alkanes) is 2. The molecule has 0 atom stereocenters. The Morgan fingerprint density at radius 3 is 2.29 bits per heavy atom. The average molecular weight is 323 g/mol. The second-order valence-corrected chi connectivity index (χ2v) is 6.64. The molecule has 1 N–H and O–H groups in total. The van der Waals surface area contributed by atoms with Crippen molar-refractivity contribution in [3.8, 4) is 11.4 Å². The fraction of sp³-hybridized carbons (Fsp3) is 0.400. The number of fused-ring (bicyclic) bond motifs is 1. The number of phenols is 1. The second kappa shape index (κ2) is 7.04. The molecular weight excluding hydrogens is 298 g/mol. The quantitative estimate of drug-likeness (QED) is 0.651. The molecule has 4 nitrogen and oxygen atoms in total. The lowest BCUT2D eigenvalue weighted by Crippen LogP contribution is -2.03. The summed E-state index contributed by atoms with van der Waals surface area (Å²) < 4.78 is 0. The molecular formula is C20H25N3O. The standard InChI is InChI=1S/C20H25N3O/c1-4-5-6-9-15-12-16(14(2)3)13-19(20(15)24)23-21-17-10-7-8-11-18(17)22-23/h7-8,10-14,24H,4-6,9H2,1-3H3. The third-order valence-electron chi connectivity index (χ3n) is 4.41. The summed E-state index contributed by atoms with van der Waals surface area (Å²) >= 11 is 0. The fourth-order valence-electron chi connectivity index (χ4n) is 2.91. The number of nitrogens with zero attached hydrogens (tertiary/aromatic N) is 3. The monoisotopic (exact) mass is 323 g/mol. The number of aromatic hydroxyl groups is 1. The van der Waals surface area contributed by atoms with Crippen LogP contribution in [-0.2, 0) is 6.42 Å². The lowest BCUT2D eigenvalue weighted by molar-refractivity contribution is 0.458. The number of hydrogen-bond acceptors (Lipinski definition) is 3. The Kier molecular flexibility index (Phi) is 4.84. The van der Waals surface area contributed by atoms with E-state index in [1.165, 1.54) is 18.4 Å². The first-order valence-electron chi connectivity index (χ1n) is 8.78. The number of rotatable bonds is 6. The van der Waals surface area contributed by atoms with Gasteiger partial charge in [-0.3, -0.25) is 0 Å². The van der Waals surface area contributed by atoms with E-state index >= 15 is 0 Å². The molecule has 0 amide bonds. The third-order valence-corrected chi connectivity index (χ3v) is 4.41. The molecule has 0 saturated carbocycles. The Balaban J connectivity index is 2.07. The van der Waals surface area contributed by atoms with Crippen molar-refractivity contribution in [2.45, 2.75) is 52.4 Å². The van der Waals surface area contributed by atoms with E-state index in [2.05, 4.69) is 37.0 Å². The summed E-state index contributed by atoms with van der Waals surface area (Å²) in [6.07, 6.45) is 4.31. The Morgan fingerprint density at radius 2 is 1.71 bits per heavy atom. The van der Waals surface area contributed by atoms with Crippen LogP contribution in [0.3, 0.4) is 0 Å². The molecule has 0 bridgehead atoms. The van der Waals surface area contributed by atoms with E-state index in [-0.39, 0.29) is 0 Å². The van der Waals surface area contributed by atoms with Crippen molar-refractivity contribution in [1.29, 1.82) is 0 Å². The lowest BCUT2D eigenvalue weighted by atomic mass is 9.96. The Labute approximate surface area is 143 Å². The molecule has 4 heteroatoms. The predicted octanol–water partition coefficient (Wildman–Crippen LogP) is 4.98. The van der Waals surface area contributed by atoms with Gasteiger partial charge in [-0.2, -0.15) is 0 Å². The molecule has 0 saturated heterocycles. The molecule has 0 aliphatic carbocycles. The molecule has 0 aliphatic heterocycles. The molecule has 0 aliphatic rings. The highest BCUT2D eigenvalue weighted by molar-refractivity contribution is 5.73. The first kappa shape index (κ1) is 16.5. The Bertz CT molecular complexity index is 803. The SMILES string of the molecule is CCCCCc1cc(C(C)C)cc(-n2nc3ccccc3n2)c1O. The maximum atomic E-state index is 10.8. The molecule has 0 fully saturated rings. The molecule has 3 rings (SSSR count). The van der Waals surface area contributed by atoms with E-state index in [4.69, 9.17) is 0 Å². The topological polar surface area (TPSA) is 50.9 Å². The van der Waals surface area contributed by atoms with Crippen molar-refractivity contribution in [3.05, 3.63) is 47.5 Å². The van der Waals surface area contributed by atoms with Gasteiger partial charge in [0.15, 0.2) is 0 Å². The van der Waals surface area contributed by atoms with E-state index in [1.807, 2.05) is 30.3 Å². The molecule has 0 radical (unpaired) electrons. The third kappa shape index (κ3) is 3.28. The van der Waals surface area contributed by atoms with Gasteiger partial charge in [0.2, 0.25) is 0 Å². The summed E-state index contributed by atoms with van der Waals surface area (Å²) in [6.45, 7) is 6.52. The average Bonchev–Trinajstić information content (AvgIpc) is 3.00. The summed E-state index contributed by atoms with van der Waals surface area (Å²) in [7, 11) is 0. The number of phenolic OH excluding ortho intramolecular Hbond substituents is 1. The van der Waals surface area contributed by atoms with Crippen molar-refractivity contribution >= 4 is 11.0 Å². The molecule has 126 valence electrons. The van der Waals surface area contributed by atoms with Gasteiger partial charge < -0.3 is 5.11 Å². The summed E-state index contributed by atoms with van der Waals surface area (Å²) in [5.74, 6) is 0.690. The smallest absolute Gasteiger partial charge is 0.146 e. The molecule has 3 aromatic rings. The van der Waals surface area contributed by atoms with Crippen LogP contribution in [0, 0.1) is 0 Å². The summed E-state index contributed by atoms with van der Waals surface area (Å²) in [5, 5.41) is 19.8. The Morgan fingerprint density at radius 1 is 1.04 bits per heavy atom. The van der Waals surface area contributed by atoms with Gasteiger partial charge in [0.05, 0.1) is 0 Å². The largest absolute Gasteiger partial charge is 0.505 e. The molecule has 1 aromatic heterocycles. The van der Waals surface area contributed by atoms with Crippen LogP contribution in [0.4, 0.5) is 0 Å². The lowest BCUT2D eigenvalue weighted by Gasteiger charge is -2.14. The number of aromatic nitrogens is 3. The number of benzene rings is 2. The zero-order valence-corrected chi connectivity index (χ0v) is 14.7. The maximum Gasteiger partial charge on any atom is 0.146 e. The van der Waals surface area contributed by atoms with Crippen molar-refractivity contribution in [1.82, 2.24) is 15.0 Å². The van der Waals surface area contributed by atoms with Gasteiger partial charge in [-0.15, -0.1) is 15.0 Å². The van der Waals surface area contributed by atoms with Crippen molar-refractivity contribution in [2.24, 2.45) is 0 Å². The van der Waals surface area contributed by atoms with E-state index in [9.17, 15) is 5.11 Å². The minimum absolute atomic E-state index is 0.302. The highest BCUT2D eigenvalue weighted by Gasteiger charge is 2.15. The van der Waals surface area contributed by atoms with Gasteiger partial charge in [0.25, 0.3) is 0 Å².